The molecule has 2 nitrogen and oxygen atoms in total. The molecule has 0 bridgehead atoms. The van der Waals surface area contributed by atoms with Crippen LogP contribution in [-0.2, 0) is 13.1 Å². The number of thioether (sulfide) groups is 1. The second-order valence-corrected chi connectivity index (χ2v) is 6.07. The molecule has 2 N–H and O–H groups in total. The van der Waals surface area contributed by atoms with Crippen LogP contribution in [0.1, 0.15) is 24.5 Å². The van der Waals surface area contributed by atoms with Gasteiger partial charge in [-0.25, -0.2) is 0 Å². The van der Waals surface area contributed by atoms with E-state index in [1.165, 1.54) is 17.7 Å². The Morgan fingerprint density at radius 3 is 2.72 bits per heavy atom. The minimum atomic E-state index is 0.542. The predicted octanol–water partition coefficient (Wildman–Crippen LogP) is 3.37. The van der Waals surface area contributed by atoms with Crippen molar-refractivity contribution in [3.63, 3.8) is 0 Å². The lowest BCUT2D eigenvalue weighted by Crippen LogP contribution is -2.29. The molecule has 1 atom stereocenters. The molecule has 1 aromatic carbocycles. The van der Waals surface area contributed by atoms with Crippen molar-refractivity contribution >= 4 is 23.4 Å². The lowest BCUT2D eigenvalue weighted by molar-refractivity contribution is 0.245. The lowest BCUT2D eigenvalue weighted by Gasteiger charge is -2.25. The first-order chi connectivity index (χ1) is 8.58. The molecule has 1 aromatic rings. The second-order valence-electron chi connectivity index (χ2n) is 4.68. The molecule has 1 rings (SSSR count). The van der Waals surface area contributed by atoms with Gasteiger partial charge in [0.1, 0.15) is 0 Å². The van der Waals surface area contributed by atoms with E-state index in [0.29, 0.717) is 12.6 Å². The van der Waals surface area contributed by atoms with Gasteiger partial charge in [0.05, 0.1) is 0 Å². The van der Waals surface area contributed by atoms with Gasteiger partial charge in [0, 0.05) is 24.2 Å². The van der Waals surface area contributed by atoms with E-state index in [-0.39, 0.29) is 0 Å². The van der Waals surface area contributed by atoms with Crippen molar-refractivity contribution in [2.24, 2.45) is 5.73 Å². The zero-order chi connectivity index (χ0) is 13.5. The van der Waals surface area contributed by atoms with Crippen LogP contribution in [0, 0.1) is 0 Å². The molecule has 1 unspecified atom stereocenters. The van der Waals surface area contributed by atoms with Crippen LogP contribution in [0.3, 0.4) is 0 Å². The molecule has 0 radical (unpaired) electrons. The third-order valence-electron chi connectivity index (χ3n) is 3.27. The molecular weight excluding hydrogens is 264 g/mol. The largest absolute Gasteiger partial charge is 0.326 e. The first-order valence-electron chi connectivity index (χ1n) is 6.25. The molecule has 18 heavy (non-hydrogen) atoms. The zero-order valence-corrected chi connectivity index (χ0v) is 13.0. The van der Waals surface area contributed by atoms with Crippen LogP contribution in [0.5, 0.6) is 0 Å². The number of rotatable bonds is 7. The molecule has 0 spiro atoms. The molecule has 0 fully saturated rings. The highest BCUT2D eigenvalue weighted by molar-refractivity contribution is 7.98. The summed E-state index contributed by atoms with van der Waals surface area (Å²) in [5.74, 6) is 1.20. The van der Waals surface area contributed by atoms with Crippen molar-refractivity contribution in [2.75, 3.05) is 19.1 Å². The molecule has 4 heteroatoms. The molecule has 0 heterocycles. The average molecular weight is 287 g/mol. The Kier molecular flexibility index (Phi) is 7.08. The van der Waals surface area contributed by atoms with Gasteiger partial charge < -0.3 is 5.73 Å². The van der Waals surface area contributed by atoms with Crippen LogP contribution in [0.25, 0.3) is 0 Å². The Labute approximate surface area is 120 Å². The monoisotopic (exact) mass is 286 g/mol. The van der Waals surface area contributed by atoms with Crippen molar-refractivity contribution in [2.45, 2.75) is 32.5 Å². The van der Waals surface area contributed by atoms with Crippen LogP contribution >= 0.6 is 23.4 Å². The molecule has 0 aromatic heterocycles. The van der Waals surface area contributed by atoms with E-state index in [1.807, 2.05) is 17.8 Å². The zero-order valence-electron chi connectivity index (χ0n) is 11.4. The Hall–Kier alpha value is -0.220. The van der Waals surface area contributed by atoms with Gasteiger partial charge in [-0.15, -0.1) is 0 Å². The maximum atomic E-state index is 6.27. The van der Waals surface area contributed by atoms with Gasteiger partial charge in [0.15, 0.2) is 0 Å². The molecular formula is C14H23ClN2S. The van der Waals surface area contributed by atoms with Gasteiger partial charge >= 0.3 is 0 Å². The SMILES string of the molecule is CSCCC(C)N(C)Cc1ccc(CN)cc1Cl. The summed E-state index contributed by atoms with van der Waals surface area (Å²) in [4.78, 5) is 2.35. The lowest BCUT2D eigenvalue weighted by atomic mass is 10.1. The molecule has 102 valence electrons. The van der Waals surface area contributed by atoms with Crippen LogP contribution in [-0.4, -0.2) is 30.0 Å². The fourth-order valence-electron chi connectivity index (χ4n) is 1.78. The molecule has 0 amide bonds. The maximum absolute atomic E-state index is 6.27. The van der Waals surface area contributed by atoms with E-state index < -0.39 is 0 Å². The minimum absolute atomic E-state index is 0.542. The molecule has 0 aliphatic carbocycles. The van der Waals surface area contributed by atoms with E-state index >= 15 is 0 Å². The van der Waals surface area contributed by atoms with Crippen LogP contribution in [0.2, 0.25) is 5.02 Å². The summed E-state index contributed by atoms with van der Waals surface area (Å²) < 4.78 is 0. The fraction of sp³-hybridized carbons (Fsp3) is 0.571. The predicted molar refractivity (Wildman–Crippen MR) is 83.3 cm³/mol. The molecule has 0 aliphatic rings. The average Bonchev–Trinajstić information content (AvgIpc) is 2.38. The number of hydrogen-bond donors (Lipinski definition) is 1. The summed E-state index contributed by atoms with van der Waals surface area (Å²) >= 11 is 8.17. The topological polar surface area (TPSA) is 29.3 Å². The smallest absolute Gasteiger partial charge is 0.0454 e. The van der Waals surface area contributed by atoms with E-state index in [2.05, 4.69) is 37.3 Å². The van der Waals surface area contributed by atoms with Gasteiger partial charge in [0.25, 0.3) is 0 Å². The van der Waals surface area contributed by atoms with Crippen LogP contribution in [0.15, 0.2) is 18.2 Å². The van der Waals surface area contributed by atoms with Gasteiger partial charge in [-0.3, -0.25) is 4.90 Å². The second kappa shape index (κ2) is 8.05. The summed E-state index contributed by atoms with van der Waals surface area (Å²) in [6, 6.07) is 6.68. The van der Waals surface area contributed by atoms with E-state index in [4.69, 9.17) is 17.3 Å². The Morgan fingerprint density at radius 2 is 2.17 bits per heavy atom. The Morgan fingerprint density at radius 1 is 1.44 bits per heavy atom. The van der Waals surface area contributed by atoms with Crippen LogP contribution < -0.4 is 5.73 Å². The first kappa shape index (κ1) is 15.8. The van der Waals surface area contributed by atoms with Gasteiger partial charge in [0.2, 0.25) is 0 Å². The highest BCUT2D eigenvalue weighted by Gasteiger charge is 2.11. The highest BCUT2D eigenvalue weighted by atomic mass is 35.5. The summed E-state index contributed by atoms with van der Waals surface area (Å²) in [5, 5.41) is 0.821. The quantitative estimate of drug-likeness (QED) is 0.833. The van der Waals surface area contributed by atoms with Crippen molar-refractivity contribution in [3.8, 4) is 0 Å². The summed E-state index contributed by atoms with van der Waals surface area (Å²) in [7, 11) is 2.15. The number of hydrogen-bond acceptors (Lipinski definition) is 3. The number of nitrogens with zero attached hydrogens (tertiary/aromatic N) is 1. The fourth-order valence-corrected chi connectivity index (χ4v) is 2.62. The Balaban J connectivity index is 2.61. The molecule has 0 aliphatic heterocycles. The maximum Gasteiger partial charge on any atom is 0.0454 e. The number of halogens is 1. The van der Waals surface area contributed by atoms with E-state index in [1.54, 1.807) is 0 Å². The summed E-state index contributed by atoms with van der Waals surface area (Å²) in [6.07, 6.45) is 3.35. The highest BCUT2D eigenvalue weighted by Crippen LogP contribution is 2.20. The summed E-state index contributed by atoms with van der Waals surface area (Å²) in [6.45, 7) is 3.69. The van der Waals surface area contributed by atoms with E-state index in [0.717, 1.165) is 17.1 Å². The first-order valence-corrected chi connectivity index (χ1v) is 8.02. The van der Waals surface area contributed by atoms with Gasteiger partial charge in [-0.2, -0.15) is 11.8 Å². The van der Waals surface area contributed by atoms with Crippen molar-refractivity contribution in [1.82, 2.24) is 4.90 Å². The van der Waals surface area contributed by atoms with Crippen molar-refractivity contribution in [3.05, 3.63) is 34.3 Å². The number of benzene rings is 1. The summed E-state index contributed by atoms with van der Waals surface area (Å²) in [5.41, 5.74) is 7.86. The van der Waals surface area contributed by atoms with E-state index in [9.17, 15) is 0 Å². The standard InChI is InChI=1S/C14H23ClN2S/c1-11(6-7-18-3)17(2)10-13-5-4-12(9-16)8-14(13)15/h4-5,8,11H,6-7,9-10,16H2,1-3H3. The van der Waals surface area contributed by atoms with Gasteiger partial charge in [-0.05, 0) is 49.6 Å². The van der Waals surface area contributed by atoms with Crippen molar-refractivity contribution in [1.29, 1.82) is 0 Å². The van der Waals surface area contributed by atoms with Gasteiger partial charge in [-0.1, -0.05) is 23.7 Å². The molecule has 0 saturated heterocycles. The normalized spacial score (nSPS) is 13.0. The molecule has 0 saturated carbocycles. The minimum Gasteiger partial charge on any atom is -0.326 e. The Bertz CT molecular complexity index is 371. The third kappa shape index (κ3) is 4.81. The number of nitrogens with two attached hydrogens (primary N) is 1. The third-order valence-corrected chi connectivity index (χ3v) is 4.26. The van der Waals surface area contributed by atoms with Crippen LogP contribution in [0.4, 0.5) is 0 Å². The van der Waals surface area contributed by atoms with Crippen molar-refractivity contribution < 1.29 is 0 Å².